The average Bonchev–Trinajstić information content (AvgIpc) is 3.28. The molecule has 2 amide bonds. The van der Waals surface area contributed by atoms with Gasteiger partial charge in [0.2, 0.25) is 0 Å². The molecule has 0 saturated heterocycles. The Labute approximate surface area is 193 Å². The molecule has 0 radical (unpaired) electrons. The molecular weight excluding hydrogens is 442 g/mol. The number of aryl methyl sites for hydroxylation is 2. The van der Waals surface area contributed by atoms with Crippen molar-refractivity contribution in [2.45, 2.75) is 32.7 Å². The summed E-state index contributed by atoms with van der Waals surface area (Å²) in [4.78, 5) is 36.7. The second-order valence-corrected chi connectivity index (χ2v) is 10.1. The lowest BCUT2D eigenvalue weighted by atomic mass is 10.1. The maximum Gasteiger partial charge on any atom is 0.271 e. The summed E-state index contributed by atoms with van der Waals surface area (Å²) in [7, 11) is 0. The molecule has 3 heterocycles. The van der Waals surface area contributed by atoms with Crippen molar-refractivity contribution in [2.24, 2.45) is 5.92 Å². The number of imidazole rings is 1. The monoisotopic (exact) mass is 465 g/mol. The number of fused-ring (bicyclic) bond motifs is 1. The Morgan fingerprint density at radius 2 is 1.94 bits per heavy atom. The van der Waals surface area contributed by atoms with Crippen molar-refractivity contribution in [1.82, 2.24) is 25.0 Å². The van der Waals surface area contributed by atoms with E-state index in [1.807, 2.05) is 60.2 Å². The zero-order valence-electron chi connectivity index (χ0n) is 17.8. The second kappa shape index (κ2) is 8.48. The average molecular weight is 466 g/mol. The number of nitrogens with zero attached hydrogens (tertiary/aromatic N) is 3. The zero-order chi connectivity index (χ0) is 22.2. The van der Waals surface area contributed by atoms with E-state index in [0.29, 0.717) is 29.5 Å². The highest BCUT2D eigenvalue weighted by Gasteiger charge is 2.34. The summed E-state index contributed by atoms with van der Waals surface area (Å²) in [5.74, 6) is -0.00486. The molecule has 1 fully saturated rings. The number of nitrogens with one attached hydrogen (secondary N) is 2. The summed E-state index contributed by atoms with van der Waals surface area (Å²) >= 11 is 3.01. The SMILES string of the molecule is Cc1nc(C(=O)N[C@@H](CNC(=O)c2c(C)nc3sccn23)C2CC2)c(-c2ccccc2)s1. The van der Waals surface area contributed by atoms with Crippen LogP contribution in [0.3, 0.4) is 0 Å². The van der Waals surface area contributed by atoms with Crippen LogP contribution in [0.5, 0.6) is 0 Å². The van der Waals surface area contributed by atoms with Crippen LogP contribution in [0.2, 0.25) is 0 Å². The number of benzene rings is 1. The molecule has 1 atom stereocenters. The largest absolute Gasteiger partial charge is 0.349 e. The molecule has 5 rings (SSSR count). The molecule has 1 saturated carbocycles. The normalized spacial score (nSPS) is 14.4. The van der Waals surface area contributed by atoms with Crippen LogP contribution >= 0.6 is 22.7 Å². The van der Waals surface area contributed by atoms with Crippen molar-refractivity contribution >= 4 is 39.4 Å². The van der Waals surface area contributed by atoms with E-state index in [4.69, 9.17) is 0 Å². The van der Waals surface area contributed by atoms with Gasteiger partial charge in [-0.2, -0.15) is 0 Å². The highest BCUT2D eigenvalue weighted by Crippen LogP contribution is 2.34. The van der Waals surface area contributed by atoms with E-state index in [0.717, 1.165) is 33.3 Å². The first kappa shape index (κ1) is 20.8. The van der Waals surface area contributed by atoms with Crippen molar-refractivity contribution in [1.29, 1.82) is 0 Å². The standard InChI is InChI=1S/C23H23N5O2S2/c1-13-19(28-10-11-31-23(28)25-13)22(30)24-12-17(15-8-9-15)27-21(29)18-20(32-14(2)26-18)16-6-4-3-5-7-16/h3-7,10-11,15,17H,8-9,12H2,1-2H3,(H,24,30)(H,27,29)/t17-/m0/s1. The fraction of sp³-hybridized carbons (Fsp3) is 0.304. The van der Waals surface area contributed by atoms with Crippen LogP contribution in [0.4, 0.5) is 0 Å². The molecule has 3 aromatic heterocycles. The maximum absolute atomic E-state index is 13.2. The van der Waals surface area contributed by atoms with E-state index in [1.165, 1.54) is 22.7 Å². The van der Waals surface area contributed by atoms with Gasteiger partial charge in [-0.05, 0) is 38.2 Å². The van der Waals surface area contributed by atoms with E-state index in [9.17, 15) is 9.59 Å². The predicted octanol–water partition coefficient (Wildman–Crippen LogP) is 4.07. The summed E-state index contributed by atoms with van der Waals surface area (Å²) in [5.41, 5.74) is 2.67. The fourth-order valence-electron chi connectivity index (χ4n) is 3.89. The molecule has 0 unspecified atom stereocenters. The molecule has 164 valence electrons. The minimum atomic E-state index is -0.194. The molecule has 4 aromatic rings. The first-order valence-corrected chi connectivity index (χ1v) is 12.2. The van der Waals surface area contributed by atoms with Crippen LogP contribution in [-0.4, -0.2) is 38.8 Å². The molecule has 1 aromatic carbocycles. The van der Waals surface area contributed by atoms with E-state index >= 15 is 0 Å². The Hall–Kier alpha value is -3.04. The van der Waals surface area contributed by atoms with Gasteiger partial charge < -0.3 is 10.6 Å². The summed E-state index contributed by atoms with van der Waals surface area (Å²) < 4.78 is 1.81. The number of rotatable bonds is 7. The smallest absolute Gasteiger partial charge is 0.271 e. The Morgan fingerprint density at radius 3 is 2.69 bits per heavy atom. The number of hydrogen-bond acceptors (Lipinski definition) is 6. The van der Waals surface area contributed by atoms with Gasteiger partial charge >= 0.3 is 0 Å². The topological polar surface area (TPSA) is 88.4 Å². The first-order chi connectivity index (χ1) is 15.5. The second-order valence-electron chi connectivity index (χ2n) is 8.01. The molecule has 0 aliphatic heterocycles. The molecule has 9 heteroatoms. The van der Waals surface area contributed by atoms with Gasteiger partial charge in [0.05, 0.1) is 15.6 Å². The third-order valence-electron chi connectivity index (χ3n) is 5.63. The molecular formula is C23H23N5O2S2. The summed E-state index contributed by atoms with van der Waals surface area (Å²) in [5, 5.41) is 8.90. The van der Waals surface area contributed by atoms with Crippen molar-refractivity contribution in [3.05, 3.63) is 64.0 Å². The molecule has 1 aliphatic rings. The van der Waals surface area contributed by atoms with Gasteiger partial charge in [0.25, 0.3) is 11.8 Å². The summed E-state index contributed by atoms with van der Waals surface area (Å²) in [6.07, 6.45) is 3.94. The Kier molecular flexibility index (Phi) is 5.52. The number of thiazole rings is 2. The van der Waals surface area contributed by atoms with Crippen molar-refractivity contribution < 1.29 is 9.59 Å². The van der Waals surface area contributed by atoms with Gasteiger partial charge in [-0.3, -0.25) is 14.0 Å². The zero-order valence-corrected chi connectivity index (χ0v) is 19.4. The third-order valence-corrected chi connectivity index (χ3v) is 7.40. The summed E-state index contributed by atoms with van der Waals surface area (Å²) in [6, 6.07) is 9.70. The fourth-order valence-corrected chi connectivity index (χ4v) is 5.57. The predicted molar refractivity (Wildman–Crippen MR) is 126 cm³/mol. The molecule has 0 spiro atoms. The molecule has 0 bridgehead atoms. The number of aromatic nitrogens is 3. The van der Waals surface area contributed by atoms with E-state index in [1.54, 1.807) is 0 Å². The minimum absolute atomic E-state index is 0.136. The van der Waals surface area contributed by atoms with Gasteiger partial charge in [-0.25, -0.2) is 9.97 Å². The highest BCUT2D eigenvalue weighted by atomic mass is 32.1. The van der Waals surface area contributed by atoms with Crippen LogP contribution in [0.1, 0.15) is 44.5 Å². The maximum atomic E-state index is 13.2. The first-order valence-electron chi connectivity index (χ1n) is 10.6. The van der Waals surface area contributed by atoms with Crippen molar-refractivity contribution in [3.63, 3.8) is 0 Å². The van der Waals surface area contributed by atoms with Crippen LogP contribution in [0, 0.1) is 19.8 Å². The highest BCUT2D eigenvalue weighted by molar-refractivity contribution is 7.15. The van der Waals surface area contributed by atoms with E-state index in [2.05, 4.69) is 20.6 Å². The number of hydrogen-bond donors (Lipinski definition) is 2. The Bertz CT molecular complexity index is 1290. The van der Waals surface area contributed by atoms with Gasteiger partial charge in [-0.15, -0.1) is 22.7 Å². The number of carbonyl (C=O) groups excluding carboxylic acids is 2. The van der Waals surface area contributed by atoms with E-state index < -0.39 is 0 Å². The molecule has 32 heavy (non-hydrogen) atoms. The molecule has 7 nitrogen and oxygen atoms in total. The van der Waals surface area contributed by atoms with Crippen LogP contribution in [0.15, 0.2) is 41.9 Å². The summed E-state index contributed by atoms with van der Waals surface area (Å²) in [6.45, 7) is 4.12. The van der Waals surface area contributed by atoms with Crippen LogP contribution < -0.4 is 10.6 Å². The van der Waals surface area contributed by atoms with Gasteiger partial charge in [0.15, 0.2) is 4.96 Å². The number of amides is 2. The lowest BCUT2D eigenvalue weighted by molar-refractivity contribution is 0.0898. The van der Waals surface area contributed by atoms with Crippen molar-refractivity contribution in [2.75, 3.05) is 6.54 Å². The van der Waals surface area contributed by atoms with Gasteiger partial charge in [0, 0.05) is 24.2 Å². The van der Waals surface area contributed by atoms with Crippen molar-refractivity contribution in [3.8, 4) is 10.4 Å². The van der Waals surface area contributed by atoms with Crippen LogP contribution in [-0.2, 0) is 0 Å². The minimum Gasteiger partial charge on any atom is -0.349 e. The van der Waals surface area contributed by atoms with Crippen LogP contribution in [0.25, 0.3) is 15.4 Å². The Balaban J connectivity index is 1.31. The quantitative estimate of drug-likeness (QED) is 0.431. The molecule has 1 aliphatic carbocycles. The lowest BCUT2D eigenvalue weighted by Gasteiger charge is -2.19. The van der Waals surface area contributed by atoms with Gasteiger partial charge in [0.1, 0.15) is 11.4 Å². The third kappa shape index (κ3) is 4.05. The molecule has 2 N–H and O–H groups in total. The van der Waals surface area contributed by atoms with E-state index in [-0.39, 0.29) is 17.9 Å². The number of carbonyl (C=O) groups is 2. The lowest BCUT2D eigenvalue weighted by Crippen LogP contribution is -2.45. The van der Waals surface area contributed by atoms with Gasteiger partial charge in [-0.1, -0.05) is 30.3 Å². The Morgan fingerprint density at radius 1 is 1.16 bits per heavy atom.